The molecule has 2 aromatic rings. The highest BCUT2D eigenvalue weighted by molar-refractivity contribution is 5.90. The highest BCUT2D eigenvalue weighted by atomic mass is 16.3. The molecule has 7 nitrogen and oxygen atoms in total. The number of aromatic nitrogens is 2. The predicted molar refractivity (Wildman–Crippen MR) is 97.2 cm³/mol. The second-order valence-corrected chi connectivity index (χ2v) is 6.36. The Hall–Kier alpha value is -2.98. The summed E-state index contributed by atoms with van der Waals surface area (Å²) < 4.78 is 1.77. The molecule has 0 aliphatic carbocycles. The van der Waals surface area contributed by atoms with Crippen molar-refractivity contribution in [2.75, 3.05) is 5.32 Å². The Morgan fingerprint density at radius 1 is 1.35 bits per heavy atom. The van der Waals surface area contributed by atoms with Gasteiger partial charge < -0.3 is 15.0 Å². The van der Waals surface area contributed by atoms with Crippen LogP contribution in [0.5, 0.6) is 0 Å². The van der Waals surface area contributed by atoms with Crippen molar-refractivity contribution in [1.82, 2.24) is 9.55 Å². The van der Waals surface area contributed by atoms with Gasteiger partial charge in [0.1, 0.15) is 11.9 Å². The molecule has 0 fully saturated rings. The molecule has 0 radical (unpaired) electrons. The van der Waals surface area contributed by atoms with E-state index in [1.807, 2.05) is 7.05 Å². The summed E-state index contributed by atoms with van der Waals surface area (Å²) in [5.74, 6) is 3.04. The molecule has 134 valence electrons. The Balaban J connectivity index is 1.52. The number of hydrogen-bond donors (Lipinski definition) is 2. The van der Waals surface area contributed by atoms with Gasteiger partial charge in [-0.15, -0.1) is 12.3 Å². The maximum atomic E-state index is 12.1. The van der Waals surface area contributed by atoms with Crippen LogP contribution in [0.2, 0.25) is 0 Å². The summed E-state index contributed by atoms with van der Waals surface area (Å²) in [4.78, 5) is 16.3. The van der Waals surface area contributed by atoms with Gasteiger partial charge in [0.25, 0.3) is 0 Å². The molecule has 1 atom stereocenters. The van der Waals surface area contributed by atoms with Crippen molar-refractivity contribution in [3.63, 3.8) is 0 Å². The zero-order valence-electron chi connectivity index (χ0n) is 14.6. The molecule has 26 heavy (non-hydrogen) atoms. The molecule has 2 N–H and O–H groups in total. The molecule has 0 spiro atoms. The number of amides is 1. The first-order chi connectivity index (χ1) is 12.5. The normalized spacial score (nSPS) is 15.3. The third-order valence-electron chi connectivity index (χ3n) is 4.42. The largest absolute Gasteiger partial charge is 0.380 e. The second kappa shape index (κ2) is 7.50. The minimum Gasteiger partial charge on any atom is -0.380 e. The number of carbonyl (C=O) groups excluding carboxylic acids is 1. The summed E-state index contributed by atoms with van der Waals surface area (Å²) >= 11 is 0. The van der Waals surface area contributed by atoms with E-state index < -0.39 is 11.8 Å². The number of carbonyl (C=O) groups is 1. The zero-order valence-corrected chi connectivity index (χ0v) is 14.6. The highest BCUT2D eigenvalue weighted by Crippen LogP contribution is 2.37. The van der Waals surface area contributed by atoms with Crippen molar-refractivity contribution < 1.29 is 9.90 Å². The maximum absolute atomic E-state index is 12.1. The number of aryl methyl sites for hydroxylation is 1. The minimum absolute atomic E-state index is 0.0974. The number of anilines is 1. The quantitative estimate of drug-likeness (QED) is 0.716. The first-order valence-electron chi connectivity index (χ1n) is 8.46. The van der Waals surface area contributed by atoms with Crippen LogP contribution in [-0.2, 0) is 11.8 Å². The number of hydrogen-bond acceptors (Lipinski definition) is 5. The summed E-state index contributed by atoms with van der Waals surface area (Å²) in [7, 11) is 1.83. The Morgan fingerprint density at radius 2 is 2.08 bits per heavy atom. The van der Waals surface area contributed by atoms with E-state index in [0.717, 1.165) is 0 Å². The Bertz CT molecular complexity index is 842. The van der Waals surface area contributed by atoms with Gasteiger partial charge in [0.05, 0.1) is 0 Å². The molecule has 0 saturated carbocycles. The van der Waals surface area contributed by atoms with Crippen LogP contribution in [0, 0.1) is 12.3 Å². The average Bonchev–Trinajstić information content (AvgIpc) is 3.30. The van der Waals surface area contributed by atoms with Crippen molar-refractivity contribution in [3.8, 4) is 12.3 Å². The van der Waals surface area contributed by atoms with Crippen molar-refractivity contribution in [1.29, 1.82) is 0 Å². The Morgan fingerprint density at radius 3 is 2.65 bits per heavy atom. The summed E-state index contributed by atoms with van der Waals surface area (Å²) in [5, 5.41) is 21.3. The van der Waals surface area contributed by atoms with E-state index in [1.165, 1.54) is 0 Å². The van der Waals surface area contributed by atoms with Gasteiger partial charge in [-0.3, -0.25) is 4.79 Å². The molecule has 1 amide bonds. The molecule has 0 bridgehead atoms. The van der Waals surface area contributed by atoms with Crippen LogP contribution in [0.3, 0.4) is 0 Å². The van der Waals surface area contributed by atoms with Crippen molar-refractivity contribution in [3.05, 3.63) is 48.0 Å². The maximum Gasteiger partial charge on any atom is 0.224 e. The van der Waals surface area contributed by atoms with Crippen molar-refractivity contribution in [2.24, 2.45) is 17.3 Å². The highest BCUT2D eigenvalue weighted by Gasteiger charge is 2.39. The fourth-order valence-corrected chi connectivity index (χ4v) is 2.74. The van der Waals surface area contributed by atoms with E-state index in [0.29, 0.717) is 42.8 Å². The van der Waals surface area contributed by atoms with Crippen LogP contribution < -0.4 is 5.32 Å². The second-order valence-electron chi connectivity index (χ2n) is 6.36. The summed E-state index contributed by atoms with van der Waals surface area (Å²) in [6.45, 7) is 0. The van der Waals surface area contributed by atoms with Gasteiger partial charge >= 0.3 is 0 Å². The van der Waals surface area contributed by atoms with Gasteiger partial charge in [-0.25, -0.2) is 4.98 Å². The number of nitrogens with zero attached hydrogens (tertiary/aromatic N) is 4. The Kier molecular flexibility index (Phi) is 5.14. The number of aliphatic hydroxyl groups excluding tert-OH is 1. The van der Waals surface area contributed by atoms with Crippen LogP contribution >= 0.6 is 0 Å². The van der Waals surface area contributed by atoms with E-state index in [1.54, 1.807) is 41.2 Å². The molecule has 1 aliphatic rings. The molecule has 1 aromatic heterocycles. The van der Waals surface area contributed by atoms with E-state index in [9.17, 15) is 9.90 Å². The molecule has 2 heterocycles. The van der Waals surface area contributed by atoms with E-state index in [2.05, 4.69) is 26.4 Å². The number of benzene rings is 1. The summed E-state index contributed by atoms with van der Waals surface area (Å²) in [6.07, 6.45) is 10.1. The number of terminal acetylenes is 1. The Labute approximate surface area is 152 Å². The number of imidazole rings is 1. The van der Waals surface area contributed by atoms with Crippen LogP contribution in [0.15, 0.2) is 46.9 Å². The van der Waals surface area contributed by atoms with Crippen LogP contribution in [-0.4, -0.2) is 26.2 Å². The zero-order chi connectivity index (χ0) is 18.6. The first-order valence-corrected chi connectivity index (χ1v) is 8.46. The van der Waals surface area contributed by atoms with Gasteiger partial charge in [-0.05, 0) is 17.7 Å². The third-order valence-corrected chi connectivity index (χ3v) is 4.42. The lowest BCUT2D eigenvalue weighted by Crippen LogP contribution is -2.17. The van der Waals surface area contributed by atoms with E-state index in [4.69, 9.17) is 6.42 Å². The smallest absolute Gasteiger partial charge is 0.224 e. The van der Waals surface area contributed by atoms with Crippen molar-refractivity contribution >= 4 is 11.6 Å². The molecule has 1 aliphatic heterocycles. The molecule has 1 unspecified atom stereocenters. The molecule has 1 aromatic carbocycles. The van der Waals surface area contributed by atoms with Gasteiger partial charge in [0, 0.05) is 50.8 Å². The van der Waals surface area contributed by atoms with Gasteiger partial charge in [-0.1, -0.05) is 12.1 Å². The molecule has 3 rings (SSSR count). The third kappa shape index (κ3) is 4.16. The summed E-state index contributed by atoms with van der Waals surface area (Å²) in [6, 6.07) is 7.07. The minimum atomic E-state index is -0.811. The average molecular weight is 351 g/mol. The van der Waals surface area contributed by atoms with E-state index >= 15 is 0 Å². The fourth-order valence-electron chi connectivity index (χ4n) is 2.74. The lowest BCUT2D eigenvalue weighted by molar-refractivity contribution is -0.116. The molecule has 0 saturated heterocycles. The lowest BCUT2D eigenvalue weighted by Gasteiger charge is -2.12. The van der Waals surface area contributed by atoms with Gasteiger partial charge in [0.2, 0.25) is 5.91 Å². The topological polar surface area (TPSA) is 91.9 Å². The summed E-state index contributed by atoms with van der Waals surface area (Å²) in [5.41, 5.74) is 0.939. The van der Waals surface area contributed by atoms with Gasteiger partial charge in [-0.2, -0.15) is 10.2 Å². The molecular weight excluding hydrogens is 330 g/mol. The molecule has 7 heteroatoms. The van der Waals surface area contributed by atoms with Crippen LogP contribution in [0.1, 0.15) is 43.2 Å². The SMILES string of the molecule is C#CCCC1(CCC(=O)Nc2ccc(C(O)c3nccn3C)cc2)N=N1. The first kappa shape index (κ1) is 17.8. The van der Waals surface area contributed by atoms with Crippen LogP contribution in [0.4, 0.5) is 5.69 Å². The fraction of sp³-hybridized carbons (Fsp3) is 0.368. The lowest BCUT2D eigenvalue weighted by atomic mass is 10.0. The number of aliphatic hydroxyl groups is 1. The van der Waals surface area contributed by atoms with Crippen molar-refractivity contribution in [2.45, 2.75) is 37.5 Å². The molecular formula is C19H21N5O2. The van der Waals surface area contributed by atoms with Gasteiger partial charge in [0.15, 0.2) is 5.66 Å². The van der Waals surface area contributed by atoms with Crippen LogP contribution in [0.25, 0.3) is 0 Å². The standard InChI is InChI=1S/C19H21N5O2/c1-3-4-10-19(22-23-19)11-9-16(25)21-15-7-5-14(6-8-15)17(26)18-20-12-13-24(18)2/h1,5-8,12-13,17,26H,4,9-11H2,2H3,(H,21,25). The monoisotopic (exact) mass is 351 g/mol. The number of rotatable bonds is 8. The van der Waals surface area contributed by atoms with E-state index in [-0.39, 0.29) is 5.91 Å². The predicted octanol–water partition coefficient (Wildman–Crippen LogP) is 2.80. The number of nitrogens with one attached hydrogen (secondary N) is 1.